The summed E-state index contributed by atoms with van der Waals surface area (Å²) >= 11 is 0. The van der Waals surface area contributed by atoms with E-state index in [1.165, 1.54) is 11.1 Å². The highest BCUT2D eigenvalue weighted by atomic mass is 16.5. The molecule has 0 spiro atoms. The van der Waals surface area contributed by atoms with Crippen molar-refractivity contribution in [3.05, 3.63) is 29.3 Å². The molecule has 1 atom stereocenters. The number of hydrogen-bond acceptors (Lipinski definition) is 2. The molecule has 13 heavy (non-hydrogen) atoms. The second-order valence-corrected chi connectivity index (χ2v) is 3.40. The van der Waals surface area contributed by atoms with Gasteiger partial charge in [0.05, 0.1) is 6.61 Å². The van der Waals surface area contributed by atoms with E-state index in [0.29, 0.717) is 13.0 Å². The van der Waals surface area contributed by atoms with E-state index < -0.39 is 0 Å². The van der Waals surface area contributed by atoms with Gasteiger partial charge in [-0.25, -0.2) is 0 Å². The van der Waals surface area contributed by atoms with Crippen molar-refractivity contribution in [2.45, 2.75) is 19.3 Å². The first-order chi connectivity index (χ1) is 6.33. The minimum atomic E-state index is 0.272. The van der Waals surface area contributed by atoms with Crippen LogP contribution in [0.4, 0.5) is 0 Å². The average Bonchev–Trinajstić information content (AvgIpc) is 2.51. The lowest BCUT2D eigenvalue weighted by atomic mass is 9.94. The van der Waals surface area contributed by atoms with Crippen molar-refractivity contribution in [1.29, 1.82) is 0 Å². The monoisotopic (exact) mass is 176 g/mol. The van der Waals surface area contributed by atoms with Crippen LogP contribution in [0.2, 0.25) is 0 Å². The maximum absolute atomic E-state index is 10.4. The SMILES string of the molecule is Cc1cccc2c1C(CC=O)CO2. The summed E-state index contributed by atoms with van der Waals surface area (Å²) in [6, 6.07) is 6.01. The van der Waals surface area contributed by atoms with Crippen LogP contribution in [0, 0.1) is 6.92 Å². The number of ether oxygens (including phenoxy) is 1. The zero-order valence-corrected chi connectivity index (χ0v) is 7.62. The Bertz CT molecular complexity index is 331. The lowest BCUT2D eigenvalue weighted by Gasteiger charge is -2.06. The molecule has 0 radical (unpaired) electrons. The summed E-state index contributed by atoms with van der Waals surface area (Å²) in [5.41, 5.74) is 2.44. The Balaban J connectivity index is 2.39. The molecule has 1 aromatic rings. The van der Waals surface area contributed by atoms with Crippen LogP contribution in [-0.4, -0.2) is 12.9 Å². The first kappa shape index (κ1) is 8.30. The highest BCUT2D eigenvalue weighted by Crippen LogP contribution is 2.37. The molecule has 0 amide bonds. The fraction of sp³-hybridized carbons (Fsp3) is 0.364. The van der Waals surface area contributed by atoms with Gasteiger partial charge in [0.15, 0.2) is 0 Å². The summed E-state index contributed by atoms with van der Waals surface area (Å²) in [6.45, 7) is 2.71. The molecule has 0 aliphatic carbocycles. The van der Waals surface area contributed by atoms with Gasteiger partial charge in [-0.05, 0) is 18.6 Å². The molecule has 0 bridgehead atoms. The van der Waals surface area contributed by atoms with Crippen LogP contribution >= 0.6 is 0 Å². The molecule has 0 aromatic heterocycles. The third-order valence-electron chi connectivity index (χ3n) is 2.51. The topological polar surface area (TPSA) is 26.3 Å². The highest BCUT2D eigenvalue weighted by molar-refractivity contribution is 5.55. The number of carbonyl (C=O) groups excluding carboxylic acids is 1. The lowest BCUT2D eigenvalue weighted by Crippen LogP contribution is -2.01. The fourth-order valence-corrected chi connectivity index (χ4v) is 1.88. The third-order valence-corrected chi connectivity index (χ3v) is 2.51. The molecule has 1 unspecified atom stereocenters. The van der Waals surface area contributed by atoms with Gasteiger partial charge < -0.3 is 9.53 Å². The standard InChI is InChI=1S/C11H12O2/c1-8-3-2-4-10-11(8)9(5-6-12)7-13-10/h2-4,6,9H,5,7H2,1H3. The molecule has 0 saturated carbocycles. The summed E-state index contributed by atoms with van der Waals surface area (Å²) < 4.78 is 5.49. The van der Waals surface area contributed by atoms with Gasteiger partial charge in [0.25, 0.3) is 0 Å². The van der Waals surface area contributed by atoms with E-state index in [-0.39, 0.29) is 5.92 Å². The van der Waals surface area contributed by atoms with E-state index in [4.69, 9.17) is 4.74 Å². The van der Waals surface area contributed by atoms with Crippen LogP contribution in [0.15, 0.2) is 18.2 Å². The third kappa shape index (κ3) is 1.32. The van der Waals surface area contributed by atoms with Crippen LogP contribution in [-0.2, 0) is 4.79 Å². The van der Waals surface area contributed by atoms with Crippen molar-refractivity contribution in [1.82, 2.24) is 0 Å². The minimum Gasteiger partial charge on any atom is -0.493 e. The smallest absolute Gasteiger partial charge is 0.123 e. The second kappa shape index (κ2) is 3.21. The molecule has 2 rings (SSSR count). The molecule has 1 aromatic carbocycles. The predicted octanol–water partition coefficient (Wildman–Crippen LogP) is 2.06. The Kier molecular flexibility index (Phi) is 2.05. The molecule has 0 saturated heterocycles. The first-order valence-electron chi connectivity index (χ1n) is 4.49. The Hall–Kier alpha value is -1.31. The van der Waals surface area contributed by atoms with E-state index in [2.05, 4.69) is 13.0 Å². The number of rotatable bonds is 2. The summed E-state index contributed by atoms with van der Waals surface area (Å²) in [5.74, 6) is 1.22. The molecule has 68 valence electrons. The van der Waals surface area contributed by atoms with Crippen molar-refractivity contribution < 1.29 is 9.53 Å². The van der Waals surface area contributed by atoms with Crippen LogP contribution in [0.5, 0.6) is 5.75 Å². The molecule has 1 heterocycles. The summed E-state index contributed by atoms with van der Waals surface area (Å²) in [6.07, 6.45) is 1.54. The molecule has 1 aliphatic rings. The van der Waals surface area contributed by atoms with Crippen LogP contribution < -0.4 is 4.74 Å². The maximum Gasteiger partial charge on any atom is 0.123 e. The largest absolute Gasteiger partial charge is 0.493 e. The van der Waals surface area contributed by atoms with E-state index in [9.17, 15) is 4.79 Å². The second-order valence-electron chi connectivity index (χ2n) is 3.40. The van der Waals surface area contributed by atoms with Crippen LogP contribution in [0.1, 0.15) is 23.5 Å². The number of aldehydes is 1. The Labute approximate surface area is 77.5 Å². The molecule has 1 aliphatic heterocycles. The minimum absolute atomic E-state index is 0.272. The zero-order valence-electron chi connectivity index (χ0n) is 7.62. The van der Waals surface area contributed by atoms with Gasteiger partial charge >= 0.3 is 0 Å². The fourth-order valence-electron chi connectivity index (χ4n) is 1.88. The predicted molar refractivity (Wildman–Crippen MR) is 50.1 cm³/mol. The van der Waals surface area contributed by atoms with Crippen LogP contribution in [0.3, 0.4) is 0 Å². The Morgan fingerprint density at radius 3 is 3.23 bits per heavy atom. The first-order valence-corrected chi connectivity index (χ1v) is 4.49. The number of carbonyl (C=O) groups is 1. The van der Waals surface area contributed by atoms with Crippen molar-refractivity contribution in [2.24, 2.45) is 0 Å². The number of benzene rings is 1. The Morgan fingerprint density at radius 2 is 2.46 bits per heavy atom. The molecular formula is C11H12O2. The number of aryl methyl sites for hydroxylation is 1. The van der Waals surface area contributed by atoms with Crippen molar-refractivity contribution in [2.75, 3.05) is 6.61 Å². The van der Waals surface area contributed by atoms with Gasteiger partial charge in [-0.15, -0.1) is 0 Å². The molecule has 2 nitrogen and oxygen atoms in total. The summed E-state index contributed by atoms with van der Waals surface area (Å²) in [4.78, 5) is 10.4. The van der Waals surface area contributed by atoms with Gasteiger partial charge in [-0.2, -0.15) is 0 Å². The molecule has 2 heteroatoms. The van der Waals surface area contributed by atoms with Crippen molar-refractivity contribution >= 4 is 6.29 Å². The highest BCUT2D eigenvalue weighted by Gasteiger charge is 2.24. The van der Waals surface area contributed by atoms with Gasteiger partial charge in [-0.1, -0.05) is 12.1 Å². The zero-order chi connectivity index (χ0) is 9.26. The normalized spacial score (nSPS) is 19.3. The van der Waals surface area contributed by atoms with E-state index >= 15 is 0 Å². The molecular weight excluding hydrogens is 164 g/mol. The van der Waals surface area contributed by atoms with E-state index in [1.807, 2.05) is 12.1 Å². The van der Waals surface area contributed by atoms with Crippen LogP contribution in [0.25, 0.3) is 0 Å². The maximum atomic E-state index is 10.4. The van der Waals surface area contributed by atoms with Gasteiger partial charge in [0.1, 0.15) is 12.0 Å². The lowest BCUT2D eigenvalue weighted by molar-refractivity contribution is -0.108. The van der Waals surface area contributed by atoms with E-state index in [1.54, 1.807) is 0 Å². The number of fused-ring (bicyclic) bond motifs is 1. The Morgan fingerprint density at radius 1 is 1.62 bits per heavy atom. The molecule has 0 N–H and O–H groups in total. The van der Waals surface area contributed by atoms with E-state index in [0.717, 1.165) is 12.0 Å². The quantitative estimate of drug-likeness (QED) is 0.645. The molecule has 0 fully saturated rings. The van der Waals surface area contributed by atoms with Gasteiger partial charge in [-0.3, -0.25) is 0 Å². The van der Waals surface area contributed by atoms with Gasteiger partial charge in [0.2, 0.25) is 0 Å². The average molecular weight is 176 g/mol. The summed E-state index contributed by atoms with van der Waals surface area (Å²) in [7, 11) is 0. The van der Waals surface area contributed by atoms with Gasteiger partial charge in [0, 0.05) is 17.9 Å². The van der Waals surface area contributed by atoms with Crippen molar-refractivity contribution in [3.63, 3.8) is 0 Å². The van der Waals surface area contributed by atoms with Crippen molar-refractivity contribution in [3.8, 4) is 5.75 Å². The number of hydrogen-bond donors (Lipinski definition) is 0. The summed E-state index contributed by atoms with van der Waals surface area (Å²) in [5, 5.41) is 0.